The molecule has 1 saturated carbocycles. The minimum atomic E-state index is 0.220. The van der Waals surface area contributed by atoms with E-state index in [0.29, 0.717) is 6.04 Å². The smallest absolute Gasteiger partial charge is 0.223 e. The Balaban J connectivity index is 1.45. The molecule has 1 aliphatic carbocycles. The van der Waals surface area contributed by atoms with Crippen molar-refractivity contribution in [1.82, 2.24) is 10.2 Å². The van der Waals surface area contributed by atoms with E-state index in [1.807, 2.05) is 12.1 Å². The summed E-state index contributed by atoms with van der Waals surface area (Å²) in [7, 11) is 0. The van der Waals surface area contributed by atoms with Crippen molar-refractivity contribution in [3.8, 4) is 0 Å². The van der Waals surface area contributed by atoms with Crippen molar-refractivity contribution >= 4 is 17.5 Å². The maximum atomic E-state index is 12.0. The predicted molar refractivity (Wildman–Crippen MR) is 80.6 cm³/mol. The third-order valence-electron chi connectivity index (χ3n) is 4.20. The van der Waals surface area contributed by atoms with Gasteiger partial charge in [0.25, 0.3) is 0 Å². The Morgan fingerprint density at radius 3 is 2.40 bits per heavy atom. The maximum absolute atomic E-state index is 12.0. The molecule has 1 aliphatic heterocycles. The molecule has 20 heavy (non-hydrogen) atoms. The van der Waals surface area contributed by atoms with Crippen molar-refractivity contribution in [2.75, 3.05) is 13.1 Å². The molecule has 0 unspecified atom stereocenters. The third-order valence-corrected chi connectivity index (χ3v) is 4.45. The van der Waals surface area contributed by atoms with E-state index in [1.54, 1.807) is 0 Å². The summed E-state index contributed by atoms with van der Waals surface area (Å²) in [4.78, 5) is 14.4. The second-order valence-electron chi connectivity index (χ2n) is 5.96. The highest BCUT2D eigenvalue weighted by molar-refractivity contribution is 6.30. The predicted octanol–water partition coefficient (Wildman–Crippen LogP) is 2.83. The minimum absolute atomic E-state index is 0.220. The van der Waals surface area contributed by atoms with Crippen molar-refractivity contribution in [3.63, 3.8) is 0 Å². The first-order valence-electron chi connectivity index (χ1n) is 7.48. The zero-order valence-corrected chi connectivity index (χ0v) is 12.4. The molecule has 2 aliphatic rings. The molecule has 0 atom stereocenters. The number of piperidine rings is 1. The summed E-state index contributed by atoms with van der Waals surface area (Å²) in [6.07, 6.45) is 4.29. The van der Waals surface area contributed by atoms with Crippen LogP contribution < -0.4 is 5.32 Å². The molecular formula is C16H21ClN2O. The first kappa shape index (κ1) is 13.9. The lowest BCUT2D eigenvalue weighted by Crippen LogP contribution is -2.40. The number of nitrogens with zero attached hydrogens (tertiary/aromatic N) is 1. The van der Waals surface area contributed by atoms with Gasteiger partial charge >= 0.3 is 0 Å². The van der Waals surface area contributed by atoms with Crippen LogP contribution in [0.1, 0.15) is 31.2 Å². The van der Waals surface area contributed by atoms with E-state index in [1.165, 1.54) is 18.4 Å². The second-order valence-corrected chi connectivity index (χ2v) is 6.40. The van der Waals surface area contributed by atoms with E-state index < -0.39 is 0 Å². The van der Waals surface area contributed by atoms with E-state index in [-0.39, 0.29) is 11.8 Å². The first-order valence-corrected chi connectivity index (χ1v) is 7.86. The van der Waals surface area contributed by atoms with Crippen LogP contribution in [-0.2, 0) is 11.3 Å². The molecule has 3 nitrogen and oxygen atoms in total. The molecular weight excluding hydrogens is 272 g/mol. The van der Waals surface area contributed by atoms with E-state index in [4.69, 9.17) is 11.6 Å². The zero-order valence-electron chi connectivity index (χ0n) is 11.6. The van der Waals surface area contributed by atoms with Crippen LogP contribution in [0.2, 0.25) is 5.02 Å². The summed E-state index contributed by atoms with van der Waals surface area (Å²) >= 11 is 5.90. The lowest BCUT2D eigenvalue weighted by atomic mass is 9.95. The SMILES string of the molecule is O=C(NC1CC1)C1CCN(Cc2ccc(Cl)cc2)CC1. The van der Waals surface area contributed by atoms with Crippen LogP contribution in [0.3, 0.4) is 0 Å². The molecule has 0 bridgehead atoms. The number of halogens is 1. The Bertz CT molecular complexity index is 462. The minimum Gasteiger partial charge on any atom is -0.353 e. The molecule has 0 aromatic heterocycles. The number of benzene rings is 1. The normalized spacial score (nSPS) is 20.9. The molecule has 2 fully saturated rings. The van der Waals surface area contributed by atoms with Gasteiger partial charge in [0.2, 0.25) is 5.91 Å². The van der Waals surface area contributed by atoms with Crippen molar-refractivity contribution in [2.45, 2.75) is 38.3 Å². The fraction of sp³-hybridized carbons (Fsp3) is 0.562. The van der Waals surface area contributed by atoms with Gasteiger partial charge in [-0.2, -0.15) is 0 Å². The summed E-state index contributed by atoms with van der Waals surface area (Å²) in [5.74, 6) is 0.496. The lowest BCUT2D eigenvalue weighted by molar-refractivity contribution is -0.126. The summed E-state index contributed by atoms with van der Waals surface area (Å²) in [5, 5.41) is 3.90. The monoisotopic (exact) mass is 292 g/mol. The highest BCUT2D eigenvalue weighted by Gasteiger charge is 2.29. The zero-order chi connectivity index (χ0) is 13.9. The molecule has 0 spiro atoms. The van der Waals surface area contributed by atoms with E-state index in [0.717, 1.165) is 37.5 Å². The summed E-state index contributed by atoms with van der Waals surface area (Å²) in [6.45, 7) is 2.96. The van der Waals surface area contributed by atoms with Crippen LogP contribution >= 0.6 is 11.6 Å². The Morgan fingerprint density at radius 2 is 1.80 bits per heavy atom. The Hall–Kier alpha value is -1.06. The number of rotatable bonds is 4. The average Bonchev–Trinajstić information content (AvgIpc) is 3.26. The Morgan fingerprint density at radius 1 is 1.15 bits per heavy atom. The fourth-order valence-corrected chi connectivity index (χ4v) is 2.87. The number of carbonyl (C=O) groups is 1. The number of hydrogen-bond donors (Lipinski definition) is 1. The van der Waals surface area contributed by atoms with Gasteiger partial charge in [0, 0.05) is 23.5 Å². The van der Waals surface area contributed by atoms with Gasteiger partial charge in [0.15, 0.2) is 0 Å². The number of likely N-dealkylation sites (tertiary alicyclic amines) is 1. The van der Waals surface area contributed by atoms with Crippen LogP contribution in [0.4, 0.5) is 0 Å². The molecule has 1 aromatic rings. The van der Waals surface area contributed by atoms with Crippen molar-refractivity contribution < 1.29 is 4.79 Å². The van der Waals surface area contributed by atoms with Gasteiger partial charge in [-0.25, -0.2) is 0 Å². The highest BCUT2D eigenvalue weighted by atomic mass is 35.5. The van der Waals surface area contributed by atoms with Gasteiger partial charge in [0.1, 0.15) is 0 Å². The van der Waals surface area contributed by atoms with E-state index in [2.05, 4.69) is 22.3 Å². The van der Waals surface area contributed by atoms with Crippen LogP contribution in [0, 0.1) is 5.92 Å². The van der Waals surface area contributed by atoms with Crippen molar-refractivity contribution in [1.29, 1.82) is 0 Å². The number of carbonyl (C=O) groups excluding carboxylic acids is 1. The van der Waals surface area contributed by atoms with Crippen molar-refractivity contribution in [3.05, 3.63) is 34.9 Å². The van der Waals surface area contributed by atoms with E-state index in [9.17, 15) is 4.79 Å². The van der Waals surface area contributed by atoms with Gasteiger partial charge in [-0.05, 0) is 56.5 Å². The van der Waals surface area contributed by atoms with Crippen LogP contribution in [0.5, 0.6) is 0 Å². The molecule has 1 aromatic carbocycles. The van der Waals surface area contributed by atoms with Gasteiger partial charge in [-0.15, -0.1) is 0 Å². The highest BCUT2D eigenvalue weighted by Crippen LogP contribution is 2.23. The molecule has 1 N–H and O–H groups in total. The molecule has 1 amide bonds. The molecule has 4 heteroatoms. The molecule has 1 saturated heterocycles. The van der Waals surface area contributed by atoms with E-state index >= 15 is 0 Å². The lowest BCUT2D eigenvalue weighted by Gasteiger charge is -2.31. The van der Waals surface area contributed by atoms with Crippen molar-refractivity contribution in [2.24, 2.45) is 5.92 Å². The number of nitrogens with one attached hydrogen (secondary N) is 1. The maximum Gasteiger partial charge on any atom is 0.223 e. The topological polar surface area (TPSA) is 32.3 Å². The quantitative estimate of drug-likeness (QED) is 0.925. The van der Waals surface area contributed by atoms with Crippen LogP contribution in [0.15, 0.2) is 24.3 Å². The summed E-state index contributed by atoms with van der Waals surface area (Å²) in [5.41, 5.74) is 1.29. The van der Waals surface area contributed by atoms with Gasteiger partial charge in [-0.1, -0.05) is 23.7 Å². The third kappa shape index (κ3) is 3.74. The van der Waals surface area contributed by atoms with Gasteiger partial charge < -0.3 is 5.32 Å². The van der Waals surface area contributed by atoms with Gasteiger partial charge in [0.05, 0.1) is 0 Å². The molecule has 3 rings (SSSR count). The standard InChI is InChI=1S/C16H21ClN2O/c17-14-3-1-12(2-4-14)11-19-9-7-13(8-10-19)16(20)18-15-5-6-15/h1-4,13,15H,5-11H2,(H,18,20). The van der Waals surface area contributed by atoms with Crippen LogP contribution in [-0.4, -0.2) is 29.9 Å². The molecule has 108 valence electrons. The second kappa shape index (κ2) is 6.15. The number of amides is 1. The fourth-order valence-electron chi connectivity index (χ4n) is 2.75. The van der Waals surface area contributed by atoms with Gasteiger partial charge in [-0.3, -0.25) is 9.69 Å². The summed E-state index contributed by atoms with van der Waals surface area (Å²) < 4.78 is 0. The summed E-state index contributed by atoms with van der Waals surface area (Å²) in [6, 6.07) is 8.51. The molecule has 0 radical (unpaired) electrons. The Kier molecular flexibility index (Phi) is 4.27. The first-order chi connectivity index (χ1) is 9.70. The van der Waals surface area contributed by atoms with Crippen LogP contribution in [0.25, 0.3) is 0 Å². The molecule has 1 heterocycles. The number of hydrogen-bond acceptors (Lipinski definition) is 2. The Labute approximate surface area is 125 Å². The average molecular weight is 293 g/mol. The largest absolute Gasteiger partial charge is 0.353 e.